The quantitative estimate of drug-likeness (QED) is 0.157. The van der Waals surface area contributed by atoms with Crippen molar-refractivity contribution in [2.75, 3.05) is 18.9 Å². The number of hydrogen-bond acceptors (Lipinski definition) is 15. The highest BCUT2D eigenvalue weighted by Crippen LogP contribution is 2.54. The SMILES string of the molecule is Nc1nc2c(ncn2C2OC3COP(=O)(O)OC4C(COP(=O)(O)OC2C3O)OC(n2c(Cl)nc3cc(Cl)c(Cl)cc32)C4O)c(=O)[nH]1. The van der Waals surface area contributed by atoms with Gasteiger partial charge in [-0.1, -0.05) is 23.2 Å². The predicted molar refractivity (Wildman–Crippen MR) is 158 cm³/mol. The van der Waals surface area contributed by atoms with E-state index >= 15 is 0 Å². The number of H-pyrrole nitrogens is 1. The number of rotatable bonds is 2. The number of phosphoric acid groups is 2. The van der Waals surface area contributed by atoms with E-state index in [-0.39, 0.29) is 43.5 Å². The zero-order chi connectivity index (χ0) is 33.6. The number of benzene rings is 1. The first kappa shape index (κ1) is 33.3. The fraction of sp³-hybridized carbons (Fsp3) is 0.455. The Hall–Kier alpha value is -2.23. The van der Waals surface area contributed by atoms with Crippen molar-refractivity contribution >= 4 is 78.6 Å². The minimum atomic E-state index is -5.15. The van der Waals surface area contributed by atoms with E-state index < -0.39 is 83.5 Å². The van der Waals surface area contributed by atoms with Crippen molar-refractivity contribution in [1.82, 2.24) is 29.1 Å². The lowest BCUT2D eigenvalue weighted by Crippen LogP contribution is -2.36. The largest absolute Gasteiger partial charge is 0.472 e. The van der Waals surface area contributed by atoms with Crippen LogP contribution < -0.4 is 11.3 Å². The summed E-state index contributed by atoms with van der Waals surface area (Å²) >= 11 is 18.6. The Bertz CT molecular complexity index is 2050. The van der Waals surface area contributed by atoms with E-state index in [1.54, 1.807) is 0 Å². The molecule has 6 heterocycles. The maximum atomic E-state index is 13.3. The first-order valence-corrected chi connectivity index (χ1v) is 17.5. The van der Waals surface area contributed by atoms with Crippen LogP contribution in [0.5, 0.6) is 0 Å². The molecule has 20 nitrogen and oxygen atoms in total. The van der Waals surface area contributed by atoms with E-state index in [9.17, 15) is 33.9 Å². The van der Waals surface area contributed by atoms with Gasteiger partial charge in [-0.05, 0) is 23.7 Å². The number of nitrogens with two attached hydrogens (primary N) is 1. The van der Waals surface area contributed by atoms with Crippen LogP contribution in [0.2, 0.25) is 15.3 Å². The van der Waals surface area contributed by atoms with E-state index in [4.69, 9.17) is 68.1 Å². The van der Waals surface area contributed by atoms with Gasteiger partial charge in [0.25, 0.3) is 5.56 Å². The van der Waals surface area contributed by atoms with Crippen molar-refractivity contribution < 1.29 is 56.7 Å². The Kier molecular flexibility index (Phi) is 8.48. The highest BCUT2D eigenvalue weighted by atomic mass is 35.5. The number of ether oxygens (including phenoxy) is 2. The van der Waals surface area contributed by atoms with Gasteiger partial charge < -0.3 is 35.2 Å². The first-order chi connectivity index (χ1) is 22.1. The minimum absolute atomic E-state index is 0.116. The molecule has 0 radical (unpaired) electrons. The normalized spacial score (nSPS) is 36.7. The highest BCUT2D eigenvalue weighted by Gasteiger charge is 2.54. The molecule has 1 aromatic carbocycles. The molecule has 0 aliphatic carbocycles. The summed E-state index contributed by atoms with van der Waals surface area (Å²) in [4.78, 5) is 48.1. The van der Waals surface area contributed by atoms with Crippen LogP contribution in [-0.2, 0) is 36.7 Å². The number of nitrogens with one attached hydrogen (secondary N) is 1. The average molecular weight is 761 g/mol. The molecule has 3 saturated heterocycles. The summed E-state index contributed by atoms with van der Waals surface area (Å²) in [7, 11) is -10.3. The van der Waals surface area contributed by atoms with Crippen LogP contribution in [0.4, 0.5) is 5.95 Å². The third-order valence-electron chi connectivity index (χ3n) is 7.60. The lowest BCUT2D eigenvalue weighted by atomic mass is 10.1. The summed E-state index contributed by atoms with van der Waals surface area (Å²) in [5.41, 5.74) is 5.15. The number of nitrogen functional groups attached to an aromatic ring is 1. The molecule has 25 heteroatoms. The van der Waals surface area contributed by atoms with Crippen LogP contribution in [0.15, 0.2) is 23.3 Å². The molecule has 3 aliphatic heterocycles. The molecule has 3 aliphatic rings. The lowest BCUT2D eigenvalue weighted by molar-refractivity contribution is -0.0671. The van der Waals surface area contributed by atoms with Gasteiger partial charge in [-0.2, -0.15) is 4.98 Å². The smallest absolute Gasteiger partial charge is 0.387 e. The van der Waals surface area contributed by atoms with Crippen LogP contribution in [0.3, 0.4) is 0 Å². The molecule has 7 N–H and O–H groups in total. The van der Waals surface area contributed by atoms with Gasteiger partial charge >= 0.3 is 15.6 Å². The molecule has 2 bridgehead atoms. The number of imidazole rings is 2. The van der Waals surface area contributed by atoms with Crippen molar-refractivity contribution in [2.45, 2.75) is 49.1 Å². The Morgan fingerprint density at radius 2 is 1.55 bits per heavy atom. The molecule has 0 spiro atoms. The van der Waals surface area contributed by atoms with Gasteiger partial charge in [0.2, 0.25) is 11.2 Å². The summed E-state index contributed by atoms with van der Waals surface area (Å²) in [6.07, 6.45) is -11.9. The van der Waals surface area contributed by atoms with Crippen molar-refractivity contribution in [3.8, 4) is 0 Å². The van der Waals surface area contributed by atoms with Crippen LogP contribution in [0.1, 0.15) is 12.5 Å². The van der Waals surface area contributed by atoms with Crippen LogP contribution in [0.25, 0.3) is 22.2 Å². The minimum Gasteiger partial charge on any atom is -0.387 e. The number of fused-ring (bicyclic) bond motifs is 5. The van der Waals surface area contributed by atoms with Gasteiger partial charge in [0, 0.05) is 0 Å². The fourth-order valence-electron chi connectivity index (χ4n) is 5.53. The number of nitrogens with zero attached hydrogens (tertiary/aromatic N) is 5. The van der Waals surface area contributed by atoms with Crippen LogP contribution >= 0.6 is 50.4 Å². The molecule has 10 unspecified atom stereocenters. The molecule has 0 saturated carbocycles. The topological polar surface area (TPSA) is 278 Å². The Balaban J connectivity index is 1.22. The third kappa shape index (κ3) is 6.01. The zero-order valence-electron chi connectivity index (χ0n) is 23.1. The molecule has 10 atom stereocenters. The van der Waals surface area contributed by atoms with Crippen molar-refractivity contribution in [1.29, 1.82) is 0 Å². The molecule has 0 amide bonds. The fourth-order valence-corrected chi connectivity index (χ4v) is 8.02. The van der Waals surface area contributed by atoms with Crippen molar-refractivity contribution in [3.05, 3.63) is 44.1 Å². The van der Waals surface area contributed by atoms with E-state index in [2.05, 4.69) is 19.9 Å². The third-order valence-corrected chi connectivity index (χ3v) is 10.6. The van der Waals surface area contributed by atoms with E-state index in [1.165, 1.54) is 16.7 Å². The van der Waals surface area contributed by atoms with E-state index in [1.807, 2.05) is 0 Å². The second kappa shape index (κ2) is 12.0. The van der Waals surface area contributed by atoms with Gasteiger partial charge in [0.05, 0.1) is 40.6 Å². The van der Waals surface area contributed by atoms with Gasteiger partial charge in [0.1, 0.15) is 36.6 Å². The van der Waals surface area contributed by atoms with Crippen molar-refractivity contribution in [3.63, 3.8) is 0 Å². The van der Waals surface area contributed by atoms with Gasteiger partial charge in [-0.15, -0.1) is 0 Å². The van der Waals surface area contributed by atoms with E-state index in [0.29, 0.717) is 0 Å². The summed E-state index contributed by atoms with van der Waals surface area (Å²) < 4.78 is 61.3. The number of phosphoric ester groups is 2. The Morgan fingerprint density at radius 1 is 0.915 bits per heavy atom. The van der Waals surface area contributed by atoms with Crippen LogP contribution in [-0.4, -0.2) is 98.9 Å². The molecular formula is C22H22Cl3N7O13P2. The molecular weight excluding hydrogens is 739 g/mol. The van der Waals surface area contributed by atoms with Gasteiger partial charge in [-0.25, -0.2) is 19.1 Å². The number of aromatic amines is 1. The highest BCUT2D eigenvalue weighted by molar-refractivity contribution is 7.47. The first-order valence-electron chi connectivity index (χ1n) is 13.4. The average Bonchev–Trinajstić information content (AvgIpc) is 3.70. The van der Waals surface area contributed by atoms with Crippen molar-refractivity contribution in [2.24, 2.45) is 0 Å². The molecule has 3 fully saturated rings. The summed E-state index contributed by atoms with van der Waals surface area (Å²) in [6, 6.07) is 2.81. The number of aliphatic hydroxyl groups excluding tert-OH is 2. The number of aliphatic hydroxyl groups is 2. The molecule has 3 aromatic heterocycles. The summed E-state index contributed by atoms with van der Waals surface area (Å²) in [6.45, 7) is -1.71. The van der Waals surface area contributed by atoms with Crippen LogP contribution in [0, 0.1) is 0 Å². The Labute approximate surface area is 276 Å². The number of hydrogen-bond donors (Lipinski definition) is 6. The maximum absolute atomic E-state index is 13.3. The molecule has 4 aromatic rings. The summed E-state index contributed by atoms with van der Waals surface area (Å²) in [5.74, 6) is -0.291. The monoisotopic (exact) mass is 759 g/mol. The lowest BCUT2D eigenvalue weighted by Gasteiger charge is -2.25. The second-order valence-electron chi connectivity index (χ2n) is 10.6. The molecule has 47 heavy (non-hydrogen) atoms. The number of halogens is 3. The summed E-state index contributed by atoms with van der Waals surface area (Å²) in [5, 5.41) is 22.4. The second-order valence-corrected chi connectivity index (χ2v) is 14.5. The predicted octanol–water partition coefficient (Wildman–Crippen LogP) is 1.25. The molecule has 254 valence electrons. The molecule has 7 rings (SSSR count). The standard InChI is InChI=1S/C22H22Cl3N7O13P2/c23-6-1-8-9(2-7(6)24)32(21(25)28-8)19-14(34)15-11(43-19)4-41-47(38,39)45-16-13(33)10(3-40-46(36,37)44-15)42-20(16)31-5-27-12-17(31)29-22(26)30-18(12)35/h1-2,5,10-11,13-16,19-20,33-34H,3-4H2,(H,36,37)(H,38,39)(H3,26,29,30,35). The number of anilines is 1. The number of aromatic nitrogens is 6. The zero-order valence-corrected chi connectivity index (χ0v) is 27.1. The van der Waals surface area contributed by atoms with Gasteiger partial charge in [-0.3, -0.25) is 37.0 Å². The Morgan fingerprint density at radius 3 is 2.28 bits per heavy atom. The maximum Gasteiger partial charge on any atom is 0.472 e. The van der Waals surface area contributed by atoms with E-state index in [0.717, 1.165) is 10.9 Å². The van der Waals surface area contributed by atoms with Gasteiger partial charge in [0.15, 0.2) is 23.6 Å².